The molecule has 0 radical (unpaired) electrons. The van der Waals surface area contributed by atoms with Crippen molar-refractivity contribution in [1.82, 2.24) is 35.6 Å². The number of carbonyl (C=O) groups is 1. The number of nitrogen functional groups attached to an aromatic ring is 1. The van der Waals surface area contributed by atoms with Crippen molar-refractivity contribution in [2.24, 2.45) is 10.5 Å². The third kappa shape index (κ3) is 5.67. The third-order valence-electron chi connectivity index (χ3n) is 6.86. The Hall–Kier alpha value is -3.34. The summed E-state index contributed by atoms with van der Waals surface area (Å²) in [6.45, 7) is 10.9. The molecular weight excluding hydrogens is 446 g/mol. The number of hydrazone groups is 1. The molecule has 35 heavy (non-hydrogen) atoms. The summed E-state index contributed by atoms with van der Waals surface area (Å²) in [5, 5.41) is 20.0. The zero-order valence-electron chi connectivity index (χ0n) is 21.0. The standard InChI is InChI=1S/C24H35N9O2/c1-16-9-8-12-24(3,4)18(16)11-10-17(2)26-28-23(34)20-19(15-32-13-6-5-7-14-32)33(31-27-20)22-21(25)29-35-30-22/h10-11H,5-9,12-15H2,1-4H3,(H2,25,29)(H,28,34)/b11-10+,26-17-. The Morgan fingerprint density at radius 3 is 2.69 bits per heavy atom. The number of rotatable bonds is 7. The van der Waals surface area contributed by atoms with Crippen molar-refractivity contribution in [2.75, 3.05) is 18.8 Å². The maximum absolute atomic E-state index is 13.1. The molecule has 0 bridgehead atoms. The number of nitrogens with two attached hydrogens (primary N) is 1. The molecule has 1 aliphatic heterocycles. The number of allylic oxidation sites excluding steroid dienone is 4. The highest BCUT2D eigenvalue weighted by molar-refractivity contribution is 5.97. The van der Waals surface area contributed by atoms with Gasteiger partial charge in [-0.1, -0.05) is 37.1 Å². The largest absolute Gasteiger partial charge is 0.378 e. The van der Waals surface area contributed by atoms with E-state index in [0.717, 1.165) is 38.8 Å². The minimum atomic E-state index is -0.445. The van der Waals surface area contributed by atoms with E-state index in [9.17, 15) is 4.79 Å². The fourth-order valence-corrected chi connectivity index (χ4v) is 4.90. The summed E-state index contributed by atoms with van der Waals surface area (Å²) in [6, 6.07) is 0. The van der Waals surface area contributed by atoms with Gasteiger partial charge >= 0.3 is 0 Å². The number of nitrogens with zero attached hydrogens (tertiary/aromatic N) is 7. The van der Waals surface area contributed by atoms with E-state index in [2.05, 4.69) is 62.9 Å². The average molecular weight is 482 g/mol. The van der Waals surface area contributed by atoms with Crippen LogP contribution in [0.15, 0.2) is 33.0 Å². The van der Waals surface area contributed by atoms with Gasteiger partial charge in [0, 0.05) is 6.54 Å². The van der Waals surface area contributed by atoms with Gasteiger partial charge in [-0.15, -0.1) is 5.10 Å². The van der Waals surface area contributed by atoms with Crippen molar-refractivity contribution in [1.29, 1.82) is 0 Å². The number of hydrogen-bond acceptors (Lipinski definition) is 9. The number of piperidine rings is 1. The average Bonchev–Trinajstić information content (AvgIpc) is 3.43. The van der Waals surface area contributed by atoms with Gasteiger partial charge in [0.15, 0.2) is 5.69 Å². The molecule has 11 nitrogen and oxygen atoms in total. The molecule has 0 aromatic carbocycles. The molecule has 188 valence electrons. The molecule has 2 aromatic heterocycles. The van der Waals surface area contributed by atoms with Crippen LogP contribution in [0.4, 0.5) is 5.82 Å². The van der Waals surface area contributed by atoms with Crippen LogP contribution < -0.4 is 11.2 Å². The highest BCUT2D eigenvalue weighted by Crippen LogP contribution is 2.40. The quantitative estimate of drug-likeness (QED) is 0.453. The van der Waals surface area contributed by atoms with Crippen LogP contribution in [0.25, 0.3) is 5.82 Å². The zero-order valence-corrected chi connectivity index (χ0v) is 21.0. The first-order valence-electron chi connectivity index (χ1n) is 12.2. The van der Waals surface area contributed by atoms with Crippen molar-refractivity contribution in [3.8, 4) is 5.82 Å². The van der Waals surface area contributed by atoms with E-state index in [0.29, 0.717) is 18.0 Å². The van der Waals surface area contributed by atoms with E-state index < -0.39 is 5.91 Å². The Bertz CT molecular complexity index is 1150. The predicted octanol–water partition coefficient (Wildman–Crippen LogP) is 3.41. The number of likely N-dealkylation sites (tertiary alicyclic amines) is 1. The van der Waals surface area contributed by atoms with E-state index in [4.69, 9.17) is 10.4 Å². The van der Waals surface area contributed by atoms with E-state index in [1.165, 1.54) is 28.7 Å². The molecule has 0 saturated carbocycles. The van der Waals surface area contributed by atoms with Crippen molar-refractivity contribution < 1.29 is 9.42 Å². The lowest BCUT2D eigenvalue weighted by atomic mass is 9.72. The minimum Gasteiger partial charge on any atom is -0.378 e. The van der Waals surface area contributed by atoms with Crippen molar-refractivity contribution >= 4 is 17.4 Å². The highest BCUT2D eigenvalue weighted by Gasteiger charge is 2.27. The molecule has 1 amide bonds. The Labute approximate surface area is 205 Å². The smallest absolute Gasteiger partial charge is 0.293 e. The Morgan fingerprint density at radius 1 is 1.23 bits per heavy atom. The van der Waals surface area contributed by atoms with E-state index in [-0.39, 0.29) is 22.7 Å². The SMILES string of the molecule is CC1=C(/C=C/C(C)=N\NC(=O)c2nnn(-c3nonc3N)c2CN2CCCCC2)C(C)(C)CCC1. The predicted molar refractivity (Wildman–Crippen MR) is 133 cm³/mol. The maximum Gasteiger partial charge on any atom is 0.293 e. The second kappa shape index (κ2) is 10.5. The van der Waals surface area contributed by atoms with Gasteiger partial charge in [-0.25, -0.2) is 10.1 Å². The van der Waals surface area contributed by atoms with Crippen LogP contribution in [0.5, 0.6) is 0 Å². The zero-order chi connectivity index (χ0) is 25.0. The molecule has 0 spiro atoms. The fraction of sp³-hybridized carbons (Fsp3) is 0.583. The molecule has 1 saturated heterocycles. The molecule has 3 N–H and O–H groups in total. The van der Waals surface area contributed by atoms with Gasteiger partial charge in [-0.3, -0.25) is 9.69 Å². The van der Waals surface area contributed by atoms with Crippen LogP contribution in [0.3, 0.4) is 0 Å². The topological polar surface area (TPSA) is 140 Å². The van der Waals surface area contributed by atoms with Crippen LogP contribution in [0.2, 0.25) is 0 Å². The molecule has 11 heteroatoms. The van der Waals surface area contributed by atoms with Crippen LogP contribution >= 0.6 is 0 Å². The van der Waals surface area contributed by atoms with Gasteiger partial charge in [0.2, 0.25) is 11.6 Å². The first-order valence-corrected chi connectivity index (χ1v) is 12.2. The fourth-order valence-electron chi connectivity index (χ4n) is 4.90. The number of anilines is 1. The maximum atomic E-state index is 13.1. The number of carbonyl (C=O) groups excluding carboxylic acids is 1. The monoisotopic (exact) mass is 481 g/mol. The summed E-state index contributed by atoms with van der Waals surface area (Å²) in [5.74, 6) is -0.152. The number of hydrogen-bond donors (Lipinski definition) is 2. The molecular formula is C24H35N9O2. The van der Waals surface area contributed by atoms with Gasteiger partial charge in [0.05, 0.1) is 11.4 Å². The highest BCUT2D eigenvalue weighted by atomic mass is 16.6. The number of amides is 1. The lowest BCUT2D eigenvalue weighted by Gasteiger charge is -2.32. The molecule has 4 rings (SSSR count). The Balaban J connectivity index is 1.53. The summed E-state index contributed by atoms with van der Waals surface area (Å²) >= 11 is 0. The molecule has 3 heterocycles. The van der Waals surface area contributed by atoms with Crippen molar-refractivity contribution in [3.63, 3.8) is 0 Å². The summed E-state index contributed by atoms with van der Waals surface area (Å²) < 4.78 is 6.15. The third-order valence-corrected chi connectivity index (χ3v) is 6.86. The van der Waals surface area contributed by atoms with Crippen LogP contribution in [-0.4, -0.2) is 54.9 Å². The Kier molecular flexibility index (Phi) is 7.44. The summed E-state index contributed by atoms with van der Waals surface area (Å²) in [7, 11) is 0. The molecule has 2 aromatic rings. The van der Waals surface area contributed by atoms with Crippen molar-refractivity contribution in [2.45, 2.75) is 72.8 Å². The van der Waals surface area contributed by atoms with E-state index >= 15 is 0 Å². The normalized spacial score (nSPS) is 19.5. The molecule has 1 fully saturated rings. The first kappa shape index (κ1) is 24.8. The second-order valence-electron chi connectivity index (χ2n) is 10.1. The summed E-state index contributed by atoms with van der Waals surface area (Å²) in [5.41, 5.74) is 12.8. The number of aromatic nitrogens is 5. The van der Waals surface area contributed by atoms with E-state index in [1.54, 1.807) is 0 Å². The Morgan fingerprint density at radius 2 is 2.00 bits per heavy atom. The summed E-state index contributed by atoms with van der Waals surface area (Å²) in [4.78, 5) is 15.3. The molecule has 2 aliphatic rings. The second-order valence-corrected chi connectivity index (χ2v) is 10.1. The van der Waals surface area contributed by atoms with Crippen LogP contribution in [0.1, 0.15) is 82.4 Å². The lowest BCUT2D eigenvalue weighted by Crippen LogP contribution is -2.31. The van der Waals surface area contributed by atoms with Gasteiger partial charge in [0.1, 0.15) is 0 Å². The molecule has 0 atom stereocenters. The number of nitrogens with one attached hydrogen (secondary N) is 1. The van der Waals surface area contributed by atoms with Gasteiger partial charge in [-0.2, -0.15) is 9.78 Å². The molecule has 1 aliphatic carbocycles. The minimum absolute atomic E-state index is 0.0796. The summed E-state index contributed by atoms with van der Waals surface area (Å²) in [6.07, 6.45) is 11.0. The van der Waals surface area contributed by atoms with Gasteiger partial charge in [-0.05, 0) is 86.4 Å². The lowest BCUT2D eigenvalue weighted by molar-refractivity contribution is 0.0947. The molecule has 0 unspecified atom stereocenters. The van der Waals surface area contributed by atoms with Crippen LogP contribution in [0, 0.1) is 5.41 Å². The van der Waals surface area contributed by atoms with Crippen LogP contribution in [-0.2, 0) is 6.54 Å². The first-order chi connectivity index (χ1) is 16.8. The van der Waals surface area contributed by atoms with Gasteiger partial charge in [0.25, 0.3) is 5.91 Å². The van der Waals surface area contributed by atoms with Gasteiger partial charge < -0.3 is 5.73 Å². The van der Waals surface area contributed by atoms with E-state index in [1.807, 2.05) is 13.0 Å². The van der Waals surface area contributed by atoms with Crippen molar-refractivity contribution in [3.05, 3.63) is 34.7 Å².